The molecular formula is C19H25NO3. The van der Waals surface area contributed by atoms with E-state index in [1.807, 2.05) is 13.0 Å². The summed E-state index contributed by atoms with van der Waals surface area (Å²) in [6.07, 6.45) is 4.06. The Hall–Kier alpha value is -1.52. The molecule has 0 spiro atoms. The topological polar surface area (TPSA) is 52.9 Å². The number of aliphatic hydroxyl groups excluding tert-OH is 1. The van der Waals surface area contributed by atoms with Crippen molar-refractivity contribution in [3.05, 3.63) is 40.7 Å². The highest BCUT2D eigenvalue weighted by molar-refractivity contribution is 5.54. The summed E-state index contributed by atoms with van der Waals surface area (Å²) in [6.45, 7) is 2.95. The molecule has 4 nitrogen and oxygen atoms in total. The Bertz CT molecular complexity index is 683. The molecule has 23 heavy (non-hydrogen) atoms. The zero-order valence-electron chi connectivity index (χ0n) is 14.0. The van der Waals surface area contributed by atoms with Gasteiger partial charge in [-0.05, 0) is 57.0 Å². The second kappa shape index (κ2) is 4.99. The van der Waals surface area contributed by atoms with Crippen LogP contribution < -0.4 is 0 Å². The van der Waals surface area contributed by atoms with E-state index in [2.05, 4.69) is 24.1 Å². The maximum atomic E-state index is 10.8. The molecule has 0 aromatic heterocycles. The quantitative estimate of drug-likeness (QED) is 0.833. The average Bonchev–Trinajstić information content (AvgIpc) is 2.53. The molecular weight excluding hydrogens is 290 g/mol. The molecule has 4 heteroatoms. The number of hydrogen-bond acceptors (Lipinski definition) is 4. The van der Waals surface area contributed by atoms with Crippen molar-refractivity contribution in [1.29, 1.82) is 0 Å². The number of aryl methyl sites for hydroxylation is 1. The molecule has 4 atom stereocenters. The lowest BCUT2D eigenvalue weighted by Crippen LogP contribution is -2.60. The lowest BCUT2D eigenvalue weighted by Gasteiger charge is -2.57. The minimum atomic E-state index is -0.592. The first-order valence-electron chi connectivity index (χ1n) is 8.44. The zero-order valence-corrected chi connectivity index (χ0v) is 14.0. The molecule has 2 bridgehead atoms. The summed E-state index contributed by atoms with van der Waals surface area (Å²) in [5.74, 6) is 1.39. The second-order valence-electron chi connectivity index (χ2n) is 7.44. The molecule has 2 N–H and O–H groups in total. The maximum absolute atomic E-state index is 10.8. The van der Waals surface area contributed by atoms with Crippen LogP contribution >= 0.6 is 0 Å². The average molecular weight is 315 g/mol. The van der Waals surface area contributed by atoms with E-state index in [1.165, 1.54) is 5.56 Å². The van der Waals surface area contributed by atoms with Gasteiger partial charge in [0.25, 0.3) is 0 Å². The molecule has 1 heterocycles. The summed E-state index contributed by atoms with van der Waals surface area (Å²) in [6, 6.07) is 4.57. The van der Waals surface area contributed by atoms with Crippen molar-refractivity contribution in [1.82, 2.24) is 4.90 Å². The van der Waals surface area contributed by atoms with E-state index in [0.717, 1.165) is 30.5 Å². The fraction of sp³-hybridized carbons (Fsp3) is 0.579. The zero-order chi connectivity index (χ0) is 16.4. The molecule has 2 unspecified atom stereocenters. The smallest absolute Gasteiger partial charge is 0.122 e. The van der Waals surface area contributed by atoms with E-state index in [1.54, 1.807) is 7.11 Å². The Morgan fingerprint density at radius 3 is 2.87 bits per heavy atom. The molecule has 1 saturated heterocycles. The third-order valence-electron chi connectivity index (χ3n) is 6.39. The number of methoxy groups -OCH3 is 1. The molecule has 124 valence electrons. The van der Waals surface area contributed by atoms with Gasteiger partial charge in [-0.25, -0.2) is 0 Å². The minimum Gasteiger partial charge on any atom is -0.507 e. The summed E-state index contributed by atoms with van der Waals surface area (Å²) >= 11 is 0. The van der Waals surface area contributed by atoms with E-state index < -0.39 is 6.10 Å². The SMILES string of the molecule is COC1=C[C@@H]2[C@@H]3Cc4ccc(C)c(O)c4C2(CCN3C)CC1O. The van der Waals surface area contributed by atoms with Gasteiger partial charge in [0.2, 0.25) is 0 Å². The monoisotopic (exact) mass is 315 g/mol. The fourth-order valence-electron chi connectivity index (χ4n) is 5.16. The van der Waals surface area contributed by atoms with Gasteiger partial charge in [0.05, 0.1) is 7.11 Å². The Morgan fingerprint density at radius 2 is 2.13 bits per heavy atom. The van der Waals surface area contributed by atoms with Crippen LogP contribution in [-0.2, 0) is 16.6 Å². The summed E-state index contributed by atoms with van der Waals surface area (Å²) in [4.78, 5) is 2.42. The first-order chi connectivity index (χ1) is 11.0. The number of rotatable bonds is 1. The number of hydrogen-bond donors (Lipinski definition) is 2. The number of aliphatic hydroxyl groups is 1. The van der Waals surface area contributed by atoms with Crippen LogP contribution in [0.3, 0.4) is 0 Å². The van der Waals surface area contributed by atoms with E-state index in [9.17, 15) is 10.2 Å². The van der Waals surface area contributed by atoms with Crippen LogP contribution in [0.4, 0.5) is 0 Å². The van der Waals surface area contributed by atoms with E-state index in [0.29, 0.717) is 24.0 Å². The fourth-order valence-corrected chi connectivity index (χ4v) is 5.16. The third-order valence-corrected chi connectivity index (χ3v) is 6.39. The number of phenolic OH excluding ortho intramolecular Hbond substituents is 1. The molecule has 0 radical (unpaired) electrons. The van der Waals surface area contributed by atoms with Crippen LogP contribution in [0.1, 0.15) is 29.5 Å². The number of ether oxygens (including phenoxy) is 1. The number of aromatic hydroxyl groups is 1. The number of benzene rings is 1. The molecule has 1 aromatic carbocycles. The Labute approximate surface area is 137 Å². The standard InChI is InChI=1S/C19H25NO3/c1-11-4-5-12-8-14-13-9-16(23-3)15(21)10-19(13,6-7-20(14)2)17(12)18(11)22/h4-5,9,13-15,21-22H,6-8,10H2,1-3H3/t13-,14+,15?,19?/m1/s1. The van der Waals surface area contributed by atoms with Gasteiger partial charge < -0.3 is 19.8 Å². The molecule has 0 saturated carbocycles. The molecule has 1 aliphatic heterocycles. The Morgan fingerprint density at radius 1 is 1.35 bits per heavy atom. The molecule has 0 amide bonds. The number of likely N-dealkylation sites (N-methyl/N-ethyl adjacent to an activating group) is 1. The van der Waals surface area contributed by atoms with Gasteiger partial charge in [-0.1, -0.05) is 12.1 Å². The van der Waals surface area contributed by atoms with Crippen molar-refractivity contribution in [3.8, 4) is 5.75 Å². The minimum absolute atomic E-state index is 0.178. The van der Waals surface area contributed by atoms with Crippen LogP contribution in [0.5, 0.6) is 5.75 Å². The van der Waals surface area contributed by atoms with Gasteiger partial charge >= 0.3 is 0 Å². The predicted octanol–water partition coefficient (Wildman–Crippen LogP) is 2.11. The van der Waals surface area contributed by atoms with Gasteiger partial charge in [-0.15, -0.1) is 0 Å². The number of fused-ring (bicyclic) bond motifs is 1. The summed E-state index contributed by atoms with van der Waals surface area (Å²) in [5, 5.41) is 21.4. The van der Waals surface area contributed by atoms with Crippen molar-refractivity contribution < 1.29 is 14.9 Å². The highest BCUT2D eigenvalue weighted by Gasteiger charge is 2.56. The summed E-state index contributed by atoms with van der Waals surface area (Å²) in [5.41, 5.74) is 3.06. The Kier molecular flexibility index (Phi) is 3.26. The van der Waals surface area contributed by atoms with Crippen LogP contribution in [-0.4, -0.2) is 48.0 Å². The number of nitrogens with zero attached hydrogens (tertiary/aromatic N) is 1. The molecule has 4 rings (SSSR count). The van der Waals surface area contributed by atoms with Gasteiger partial charge in [0.15, 0.2) is 0 Å². The largest absolute Gasteiger partial charge is 0.507 e. The van der Waals surface area contributed by atoms with E-state index in [4.69, 9.17) is 4.74 Å². The van der Waals surface area contributed by atoms with Crippen LogP contribution in [0.2, 0.25) is 0 Å². The number of phenols is 1. The highest BCUT2D eigenvalue weighted by atomic mass is 16.5. The van der Waals surface area contributed by atoms with Crippen molar-refractivity contribution in [2.45, 2.75) is 43.7 Å². The third kappa shape index (κ3) is 1.91. The van der Waals surface area contributed by atoms with Gasteiger partial charge in [0, 0.05) is 22.9 Å². The van der Waals surface area contributed by atoms with E-state index in [-0.39, 0.29) is 11.3 Å². The van der Waals surface area contributed by atoms with Gasteiger partial charge in [-0.3, -0.25) is 0 Å². The van der Waals surface area contributed by atoms with Crippen molar-refractivity contribution in [3.63, 3.8) is 0 Å². The molecule has 2 aliphatic carbocycles. The van der Waals surface area contributed by atoms with Crippen molar-refractivity contribution in [2.75, 3.05) is 20.7 Å². The van der Waals surface area contributed by atoms with Crippen LogP contribution in [0.15, 0.2) is 24.0 Å². The number of piperidine rings is 1. The molecule has 1 aromatic rings. The normalized spacial score (nSPS) is 36.0. The van der Waals surface area contributed by atoms with E-state index >= 15 is 0 Å². The molecule has 1 fully saturated rings. The second-order valence-corrected chi connectivity index (χ2v) is 7.44. The predicted molar refractivity (Wildman–Crippen MR) is 88.5 cm³/mol. The lowest BCUT2D eigenvalue weighted by atomic mass is 9.53. The van der Waals surface area contributed by atoms with Gasteiger partial charge in [-0.2, -0.15) is 0 Å². The van der Waals surface area contributed by atoms with Crippen molar-refractivity contribution >= 4 is 0 Å². The molecule has 3 aliphatic rings. The first-order valence-corrected chi connectivity index (χ1v) is 8.44. The van der Waals surface area contributed by atoms with Crippen LogP contribution in [0.25, 0.3) is 0 Å². The highest BCUT2D eigenvalue weighted by Crippen LogP contribution is 2.57. The lowest BCUT2D eigenvalue weighted by molar-refractivity contribution is -0.00369. The summed E-state index contributed by atoms with van der Waals surface area (Å²) < 4.78 is 5.42. The summed E-state index contributed by atoms with van der Waals surface area (Å²) in [7, 11) is 3.81. The first kappa shape index (κ1) is 15.0. The number of likely N-dealkylation sites (tertiary alicyclic amines) is 1. The van der Waals surface area contributed by atoms with Crippen molar-refractivity contribution in [2.24, 2.45) is 5.92 Å². The van der Waals surface area contributed by atoms with Crippen LogP contribution in [0, 0.1) is 12.8 Å². The maximum Gasteiger partial charge on any atom is 0.122 e. The van der Waals surface area contributed by atoms with Gasteiger partial charge in [0.1, 0.15) is 17.6 Å². The Balaban J connectivity index is 1.96.